The summed E-state index contributed by atoms with van der Waals surface area (Å²) >= 11 is 0. The first kappa shape index (κ1) is 13.8. The van der Waals surface area contributed by atoms with Crippen molar-refractivity contribution in [3.63, 3.8) is 0 Å². The van der Waals surface area contributed by atoms with E-state index in [4.69, 9.17) is 9.57 Å². The fourth-order valence-electron chi connectivity index (χ4n) is 2.12. The van der Waals surface area contributed by atoms with Gasteiger partial charge in [0.1, 0.15) is 11.8 Å². The summed E-state index contributed by atoms with van der Waals surface area (Å²) in [5, 5.41) is 1.81. The van der Waals surface area contributed by atoms with Crippen molar-refractivity contribution in [1.29, 1.82) is 0 Å². The molecule has 0 radical (unpaired) electrons. The van der Waals surface area contributed by atoms with Crippen LogP contribution in [0.15, 0.2) is 30.3 Å². The minimum Gasteiger partial charge on any atom is -0.465 e. The van der Waals surface area contributed by atoms with Crippen molar-refractivity contribution in [2.24, 2.45) is 0 Å². The zero-order valence-corrected chi connectivity index (χ0v) is 11.2. The van der Waals surface area contributed by atoms with Gasteiger partial charge < -0.3 is 9.57 Å². The van der Waals surface area contributed by atoms with Crippen LogP contribution in [0, 0.1) is 0 Å². The molecule has 1 atom stereocenters. The molecule has 1 heterocycles. The molecular weight excluding hydrogens is 244 g/mol. The molecule has 1 saturated heterocycles. The van der Waals surface area contributed by atoms with E-state index in [9.17, 15) is 4.79 Å². The molecule has 5 nitrogen and oxygen atoms in total. The summed E-state index contributed by atoms with van der Waals surface area (Å²) in [5.41, 5.74) is 2.86. The number of hydrogen-bond acceptors (Lipinski definition) is 5. The van der Waals surface area contributed by atoms with Gasteiger partial charge in [-0.15, -0.1) is 0 Å². The quantitative estimate of drug-likeness (QED) is 0.650. The van der Waals surface area contributed by atoms with Crippen LogP contribution in [0.5, 0.6) is 5.75 Å². The number of hydrogen-bond donors (Lipinski definition) is 1. The number of carbonyl (C=O) groups excluding carboxylic acids is 1. The maximum absolute atomic E-state index is 11.9. The molecule has 1 aliphatic heterocycles. The fourth-order valence-corrected chi connectivity index (χ4v) is 2.12. The fraction of sp³-hybridized carbons (Fsp3) is 0.500. The highest BCUT2D eigenvalue weighted by molar-refractivity contribution is 5.75. The molecule has 0 bridgehead atoms. The summed E-state index contributed by atoms with van der Waals surface area (Å²) in [7, 11) is 0. The van der Waals surface area contributed by atoms with Gasteiger partial charge >= 0.3 is 5.97 Å². The van der Waals surface area contributed by atoms with Gasteiger partial charge in [0, 0.05) is 6.54 Å². The highest BCUT2D eigenvalue weighted by Crippen LogP contribution is 2.17. The van der Waals surface area contributed by atoms with Crippen LogP contribution in [0.2, 0.25) is 0 Å². The predicted octanol–water partition coefficient (Wildman–Crippen LogP) is 1.90. The highest BCUT2D eigenvalue weighted by atomic mass is 16.7. The summed E-state index contributed by atoms with van der Waals surface area (Å²) in [5.74, 6) is 0.530. The summed E-state index contributed by atoms with van der Waals surface area (Å²) < 4.78 is 5.09. The first-order valence-electron chi connectivity index (χ1n) is 6.72. The van der Waals surface area contributed by atoms with Crippen LogP contribution in [-0.4, -0.2) is 30.2 Å². The summed E-state index contributed by atoms with van der Waals surface area (Å²) in [6, 6.07) is 9.17. The van der Waals surface area contributed by atoms with Gasteiger partial charge in [0.15, 0.2) is 0 Å². The van der Waals surface area contributed by atoms with Gasteiger partial charge in [-0.05, 0) is 38.3 Å². The molecule has 1 N–H and O–H groups in total. The van der Waals surface area contributed by atoms with Crippen molar-refractivity contribution >= 4 is 5.97 Å². The van der Waals surface area contributed by atoms with Crippen molar-refractivity contribution in [2.45, 2.75) is 32.2 Å². The van der Waals surface area contributed by atoms with E-state index < -0.39 is 0 Å². The van der Waals surface area contributed by atoms with E-state index in [0.29, 0.717) is 6.61 Å². The van der Waals surface area contributed by atoms with E-state index in [1.165, 1.54) is 0 Å². The zero-order valence-electron chi connectivity index (χ0n) is 11.2. The van der Waals surface area contributed by atoms with Crippen molar-refractivity contribution < 1.29 is 14.4 Å². The number of esters is 1. The zero-order chi connectivity index (χ0) is 13.5. The number of ether oxygens (including phenoxy) is 1. The molecule has 0 aromatic heterocycles. The Morgan fingerprint density at radius 3 is 2.89 bits per heavy atom. The van der Waals surface area contributed by atoms with E-state index in [1.807, 2.05) is 42.3 Å². The normalized spacial score (nSPS) is 19.9. The van der Waals surface area contributed by atoms with Crippen molar-refractivity contribution in [3.8, 4) is 5.75 Å². The Morgan fingerprint density at radius 1 is 1.37 bits per heavy atom. The number of nitrogens with one attached hydrogen (secondary N) is 1. The van der Waals surface area contributed by atoms with Gasteiger partial charge in [-0.25, -0.2) is 0 Å². The van der Waals surface area contributed by atoms with Gasteiger partial charge in [-0.3, -0.25) is 4.79 Å². The monoisotopic (exact) mass is 264 g/mol. The van der Waals surface area contributed by atoms with Crippen LogP contribution in [0.1, 0.15) is 26.2 Å². The number of nitrogens with zero attached hydrogens (tertiary/aromatic N) is 1. The second-order valence-corrected chi connectivity index (χ2v) is 4.46. The third-order valence-corrected chi connectivity index (χ3v) is 3.09. The Kier molecular flexibility index (Phi) is 5.18. The van der Waals surface area contributed by atoms with Gasteiger partial charge in [-0.2, -0.15) is 5.01 Å². The van der Waals surface area contributed by atoms with Crippen molar-refractivity contribution in [1.82, 2.24) is 10.6 Å². The second kappa shape index (κ2) is 7.11. The SMILES string of the molecule is CCOC(=O)[C@@H]1CCCCN1NOc1ccccc1. The molecule has 1 aromatic rings. The van der Waals surface area contributed by atoms with Gasteiger partial charge in [0.2, 0.25) is 0 Å². The molecule has 0 spiro atoms. The van der Waals surface area contributed by atoms with E-state index in [2.05, 4.69) is 5.59 Å². The van der Waals surface area contributed by atoms with E-state index >= 15 is 0 Å². The van der Waals surface area contributed by atoms with E-state index in [1.54, 1.807) is 0 Å². The standard InChI is InChI=1S/C14H20N2O3/c1-2-18-14(17)13-10-6-7-11-16(13)15-19-12-8-4-3-5-9-12/h3-5,8-9,13,15H,2,6-7,10-11H2,1H3/t13-/m0/s1. The lowest BCUT2D eigenvalue weighted by atomic mass is 10.0. The van der Waals surface area contributed by atoms with Crippen LogP contribution < -0.4 is 10.4 Å². The Hall–Kier alpha value is -1.59. The lowest BCUT2D eigenvalue weighted by molar-refractivity contribution is -0.157. The minimum absolute atomic E-state index is 0.189. The molecule has 104 valence electrons. The number of piperidine rings is 1. The number of hydrazine groups is 1. The van der Waals surface area contributed by atoms with Crippen molar-refractivity contribution in [2.75, 3.05) is 13.2 Å². The number of benzene rings is 1. The third-order valence-electron chi connectivity index (χ3n) is 3.09. The van der Waals surface area contributed by atoms with Crippen LogP contribution >= 0.6 is 0 Å². The first-order valence-corrected chi connectivity index (χ1v) is 6.72. The van der Waals surface area contributed by atoms with E-state index in [0.717, 1.165) is 31.6 Å². The van der Waals surface area contributed by atoms with Gasteiger partial charge in [0.05, 0.1) is 6.61 Å². The first-order chi connectivity index (χ1) is 9.31. The Morgan fingerprint density at radius 2 is 2.16 bits per heavy atom. The van der Waals surface area contributed by atoms with Crippen LogP contribution in [0.3, 0.4) is 0 Å². The number of rotatable bonds is 5. The highest BCUT2D eigenvalue weighted by Gasteiger charge is 2.30. The molecule has 1 aliphatic rings. The summed E-state index contributed by atoms with van der Waals surface area (Å²) in [6.45, 7) is 3.00. The van der Waals surface area contributed by atoms with Gasteiger partial charge in [0.25, 0.3) is 0 Å². The molecule has 0 amide bonds. The Bertz CT molecular complexity index is 397. The number of carbonyl (C=O) groups is 1. The molecule has 19 heavy (non-hydrogen) atoms. The average Bonchev–Trinajstić information content (AvgIpc) is 2.47. The molecule has 1 aromatic carbocycles. The average molecular weight is 264 g/mol. The van der Waals surface area contributed by atoms with Crippen LogP contribution in [0.4, 0.5) is 0 Å². The lowest BCUT2D eigenvalue weighted by Crippen LogP contribution is -2.53. The van der Waals surface area contributed by atoms with Gasteiger partial charge in [-0.1, -0.05) is 23.8 Å². The van der Waals surface area contributed by atoms with Crippen LogP contribution in [0.25, 0.3) is 0 Å². The molecule has 1 fully saturated rings. The molecule has 0 unspecified atom stereocenters. The molecule has 5 heteroatoms. The minimum atomic E-state index is -0.266. The maximum Gasteiger partial charge on any atom is 0.324 e. The lowest BCUT2D eigenvalue weighted by Gasteiger charge is -2.33. The smallest absolute Gasteiger partial charge is 0.324 e. The molecule has 0 aliphatic carbocycles. The predicted molar refractivity (Wildman–Crippen MR) is 71.2 cm³/mol. The third kappa shape index (κ3) is 3.94. The topological polar surface area (TPSA) is 50.8 Å². The number of para-hydroxylation sites is 1. The second-order valence-electron chi connectivity index (χ2n) is 4.46. The maximum atomic E-state index is 11.9. The molecule has 2 rings (SSSR count). The Labute approximate surface area is 113 Å². The summed E-state index contributed by atoms with van der Waals surface area (Å²) in [4.78, 5) is 17.3. The Balaban J connectivity index is 1.90. The molecule has 0 saturated carbocycles. The van der Waals surface area contributed by atoms with E-state index in [-0.39, 0.29) is 12.0 Å². The van der Waals surface area contributed by atoms with Crippen LogP contribution in [-0.2, 0) is 9.53 Å². The van der Waals surface area contributed by atoms with Crippen molar-refractivity contribution in [3.05, 3.63) is 30.3 Å². The largest absolute Gasteiger partial charge is 0.465 e. The molecular formula is C14H20N2O3. The summed E-state index contributed by atoms with van der Waals surface area (Å²) in [6.07, 6.45) is 2.87.